The van der Waals surface area contributed by atoms with Crippen molar-refractivity contribution < 1.29 is 0 Å². The van der Waals surface area contributed by atoms with Gasteiger partial charge in [-0.25, -0.2) is 0 Å². The van der Waals surface area contributed by atoms with E-state index >= 15 is 0 Å². The monoisotopic (exact) mass is 330 g/mol. The van der Waals surface area contributed by atoms with Crippen LogP contribution in [0, 0.1) is 6.42 Å². The van der Waals surface area contributed by atoms with Crippen molar-refractivity contribution in [3.8, 4) is 0 Å². The molecule has 0 saturated carbocycles. The molecule has 1 radical (unpaired) electrons. The van der Waals surface area contributed by atoms with Gasteiger partial charge in [0.2, 0.25) is 0 Å². The normalized spacial score (nSPS) is 14.4. The van der Waals surface area contributed by atoms with Crippen LogP contribution in [0.1, 0.15) is 37.3 Å². The van der Waals surface area contributed by atoms with Crippen molar-refractivity contribution in [3.63, 3.8) is 0 Å². The molecule has 0 amide bonds. The van der Waals surface area contributed by atoms with Gasteiger partial charge in [-0.15, -0.1) is 0 Å². The lowest BCUT2D eigenvalue weighted by molar-refractivity contribution is 0.803. The van der Waals surface area contributed by atoms with E-state index in [0.29, 0.717) is 0 Å². The Balaban J connectivity index is 1.75. The Morgan fingerprint density at radius 3 is 2.36 bits per heavy atom. The van der Waals surface area contributed by atoms with Crippen LogP contribution in [0.25, 0.3) is 5.57 Å². The van der Waals surface area contributed by atoms with Gasteiger partial charge < -0.3 is 4.90 Å². The van der Waals surface area contributed by atoms with Crippen LogP contribution in [-0.4, -0.2) is 14.1 Å². The SMILES string of the molecule is CC1=C(CCCc2ccccc2)[CH]CC=C1c1ccccc1N(C)C. The summed E-state index contributed by atoms with van der Waals surface area (Å²) in [6, 6.07) is 19.5. The minimum absolute atomic E-state index is 1.04. The molecule has 1 nitrogen and oxygen atoms in total. The first kappa shape index (κ1) is 17.5. The van der Waals surface area contributed by atoms with Gasteiger partial charge in [0, 0.05) is 25.3 Å². The zero-order chi connectivity index (χ0) is 17.6. The number of hydrogen-bond acceptors (Lipinski definition) is 1. The first-order valence-electron chi connectivity index (χ1n) is 9.21. The van der Waals surface area contributed by atoms with Crippen LogP contribution in [0.15, 0.2) is 71.8 Å². The summed E-state index contributed by atoms with van der Waals surface area (Å²) in [5.41, 5.74) is 8.43. The molecule has 0 aliphatic heterocycles. The smallest absolute Gasteiger partial charge is 0.0440 e. The predicted octanol–water partition coefficient (Wildman–Crippen LogP) is 6.08. The number of nitrogens with zero attached hydrogens (tertiary/aromatic N) is 1. The second-order valence-corrected chi connectivity index (χ2v) is 6.96. The Bertz CT molecular complexity index is 766. The zero-order valence-corrected chi connectivity index (χ0v) is 15.6. The number of benzene rings is 2. The van der Waals surface area contributed by atoms with Crippen LogP contribution in [0.4, 0.5) is 5.69 Å². The summed E-state index contributed by atoms with van der Waals surface area (Å²) in [4.78, 5) is 2.21. The molecule has 1 aliphatic rings. The molecule has 0 bridgehead atoms. The largest absolute Gasteiger partial charge is 0.377 e. The first-order valence-corrected chi connectivity index (χ1v) is 9.21. The van der Waals surface area contributed by atoms with Crippen LogP contribution in [0.3, 0.4) is 0 Å². The first-order chi connectivity index (χ1) is 12.2. The van der Waals surface area contributed by atoms with Crippen molar-refractivity contribution in [2.75, 3.05) is 19.0 Å². The summed E-state index contributed by atoms with van der Waals surface area (Å²) >= 11 is 0. The van der Waals surface area contributed by atoms with Crippen molar-refractivity contribution in [3.05, 3.63) is 89.4 Å². The Morgan fingerprint density at radius 1 is 0.880 bits per heavy atom. The highest BCUT2D eigenvalue weighted by Gasteiger charge is 2.17. The highest BCUT2D eigenvalue weighted by molar-refractivity contribution is 5.87. The number of allylic oxidation sites excluding steroid dienone is 4. The number of anilines is 1. The van der Waals surface area contributed by atoms with E-state index in [9.17, 15) is 0 Å². The molecule has 0 saturated heterocycles. The van der Waals surface area contributed by atoms with Crippen molar-refractivity contribution in [2.45, 2.75) is 32.6 Å². The van der Waals surface area contributed by atoms with Gasteiger partial charge in [0.25, 0.3) is 0 Å². The van der Waals surface area contributed by atoms with E-state index in [1.807, 2.05) is 0 Å². The third-order valence-corrected chi connectivity index (χ3v) is 5.00. The summed E-state index contributed by atoms with van der Waals surface area (Å²) in [5, 5.41) is 0. The highest BCUT2D eigenvalue weighted by Crippen LogP contribution is 2.37. The second kappa shape index (κ2) is 8.20. The maximum Gasteiger partial charge on any atom is 0.0440 e. The van der Waals surface area contributed by atoms with E-state index in [-0.39, 0.29) is 0 Å². The van der Waals surface area contributed by atoms with Crippen molar-refractivity contribution in [1.29, 1.82) is 0 Å². The fourth-order valence-corrected chi connectivity index (χ4v) is 3.62. The van der Waals surface area contributed by atoms with Crippen LogP contribution in [0.5, 0.6) is 0 Å². The third kappa shape index (κ3) is 4.22. The molecule has 0 fully saturated rings. The van der Waals surface area contributed by atoms with Crippen LogP contribution >= 0.6 is 0 Å². The molecule has 0 atom stereocenters. The lowest BCUT2D eigenvalue weighted by Gasteiger charge is -2.24. The lowest BCUT2D eigenvalue weighted by atomic mass is 9.85. The molecule has 0 aromatic heterocycles. The van der Waals surface area contributed by atoms with Gasteiger partial charge in [-0.1, -0.05) is 60.2 Å². The molecule has 129 valence electrons. The number of aryl methyl sites for hydroxylation is 1. The van der Waals surface area contributed by atoms with E-state index < -0.39 is 0 Å². The third-order valence-electron chi connectivity index (χ3n) is 5.00. The van der Waals surface area contributed by atoms with Gasteiger partial charge in [0.1, 0.15) is 0 Å². The van der Waals surface area contributed by atoms with Crippen LogP contribution < -0.4 is 4.90 Å². The average Bonchev–Trinajstić information content (AvgIpc) is 2.64. The molecule has 0 unspecified atom stereocenters. The van der Waals surface area contributed by atoms with Crippen molar-refractivity contribution in [2.24, 2.45) is 0 Å². The Kier molecular flexibility index (Phi) is 5.75. The molecule has 0 N–H and O–H groups in total. The van der Waals surface area contributed by atoms with Crippen LogP contribution in [0.2, 0.25) is 0 Å². The summed E-state index contributed by atoms with van der Waals surface area (Å²) in [6.45, 7) is 2.28. The maximum atomic E-state index is 2.40. The van der Waals surface area contributed by atoms with Gasteiger partial charge in [-0.05, 0) is 61.8 Å². The summed E-state index contributed by atoms with van der Waals surface area (Å²) in [7, 11) is 4.24. The quantitative estimate of drug-likeness (QED) is 0.620. The van der Waals surface area contributed by atoms with Gasteiger partial charge >= 0.3 is 0 Å². The molecule has 1 heteroatoms. The van der Waals surface area contributed by atoms with E-state index in [1.165, 1.54) is 40.0 Å². The fourth-order valence-electron chi connectivity index (χ4n) is 3.62. The van der Waals surface area contributed by atoms with E-state index in [2.05, 4.69) is 93.0 Å². The Morgan fingerprint density at radius 2 is 1.60 bits per heavy atom. The molecule has 1 aliphatic carbocycles. The molecular formula is C24H28N. The maximum absolute atomic E-state index is 2.40. The molecule has 2 aromatic rings. The minimum atomic E-state index is 1.04. The number of rotatable bonds is 6. The number of hydrogen-bond donors (Lipinski definition) is 0. The zero-order valence-electron chi connectivity index (χ0n) is 15.6. The van der Waals surface area contributed by atoms with E-state index in [4.69, 9.17) is 0 Å². The molecular weight excluding hydrogens is 302 g/mol. The molecule has 0 spiro atoms. The Hall–Kier alpha value is -2.28. The number of para-hydroxylation sites is 1. The lowest BCUT2D eigenvalue weighted by Crippen LogP contribution is -2.12. The van der Waals surface area contributed by atoms with Crippen molar-refractivity contribution in [1.82, 2.24) is 0 Å². The van der Waals surface area contributed by atoms with E-state index in [1.54, 1.807) is 0 Å². The van der Waals surface area contributed by atoms with E-state index in [0.717, 1.165) is 19.3 Å². The summed E-state index contributed by atoms with van der Waals surface area (Å²) in [5.74, 6) is 0. The standard InChI is InChI=1S/C24H28N/c1-19-21(14-9-13-20-11-5-4-6-12-20)15-10-17-22(19)23-16-7-8-18-24(23)25(2)3/h4-8,11-12,15-18H,9-10,13-14H2,1-3H3. The predicted molar refractivity (Wildman–Crippen MR) is 110 cm³/mol. The minimum Gasteiger partial charge on any atom is -0.377 e. The Labute approximate surface area is 152 Å². The fraction of sp³-hybridized carbons (Fsp3) is 0.292. The second-order valence-electron chi connectivity index (χ2n) is 6.96. The molecule has 25 heavy (non-hydrogen) atoms. The average molecular weight is 330 g/mol. The van der Waals surface area contributed by atoms with Gasteiger partial charge in [0.15, 0.2) is 0 Å². The molecule has 2 aromatic carbocycles. The van der Waals surface area contributed by atoms with Crippen molar-refractivity contribution >= 4 is 11.3 Å². The topological polar surface area (TPSA) is 3.24 Å². The summed E-state index contributed by atoms with van der Waals surface area (Å²) < 4.78 is 0. The highest BCUT2D eigenvalue weighted by atomic mass is 15.1. The van der Waals surface area contributed by atoms with Crippen LogP contribution in [-0.2, 0) is 6.42 Å². The van der Waals surface area contributed by atoms with Gasteiger partial charge in [-0.2, -0.15) is 0 Å². The van der Waals surface area contributed by atoms with Gasteiger partial charge in [0.05, 0.1) is 0 Å². The molecule has 3 rings (SSSR count). The summed E-state index contributed by atoms with van der Waals surface area (Å²) in [6.07, 6.45) is 9.33. The van der Waals surface area contributed by atoms with Gasteiger partial charge in [-0.3, -0.25) is 0 Å². The molecule has 0 heterocycles.